The number of nitrogen functional groups attached to an aromatic ring is 1. The Morgan fingerprint density at radius 1 is 1.00 bits per heavy atom. The summed E-state index contributed by atoms with van der Waals surface area (Å²) in [5.41, 5.74) is 7.19. The fourth-order valence-electron chi connectivity index (χ4n) is 2.46. The zero-order valence-electron chi connectivity index (χ0n) is 11.3. The molecule has 2 aromatic carbocycles. The van der Waals surface area contributed by atoms with Crippen LogP contribution in [0, 0.1) is 11.3 Å². The van der Waals surface area contributed by atoms with E-state index in [9.17, 15) is 10.1 Å². The van der Waals surface area contributed by atoms with Gasteiger partial charge in [-0.15, -0.1) is 0 Å². The molecule has 0 bridgehead atoms. The zero-order valence-corrected chi connectivity index (χ0v) is 11.3. The Kier molecular flexibility index (Phi) is 3.17. The number of fused-ring (bicyclic) bond motifs is 1. The van der Waals surface area contributed by atoms with E-state index >= 15 is 0 Å². The number of nitrogens with two attached hydrogens (primary N) is 1. The van der Waals surface area contributed by atoms with Crippen LogP contribution in [0.2, 0.25) is 0 Å². The second kappa shape index (κ2) is 5.14. The van der Waals surface area contributed by atoms with E-state index in [1.54, 1.807) is 24.3 Å². The van der Waals surface area contributed by atoms with Gasteiger partial charge in [-0.2, -0.15) is 5.26 Å². The number of benzene rings is 2. The lowest BCUT2D eigenvalue weighted by atomic mass is 10.1. The van der Waals surface area contributed by atoms with Gasteiger partial charge in [-0.25, -0.2) is 0 Å². The summed E-state index contributed by atoms with van der Waals surface area (Å²) >= 11 is 0. The molecule has 1 heterocycles. The molecule has 1 aromatic heterocycles. The van der Waals surface area contributed by atoms with Crippen LogP contribution in [0.4, 0.5) is 5.82 Å². The molecule has 0 saturated heterocycles. The maximum atomic E-state index is 12.6. The van der Waals surface area contributed by atoms with Gasteiger partial charge < -0.3 is 5.73 Å². The summed E-state index contributed by atoms with van der Waals surface area (Å²) in [6, 6.07) is 18.7. The van der Waals surface area contributed by atoms with E-state index in [1.807, 2.05) is 30.3 Å². The van der Waals surface area contributed by atoms with E-state index in [-0.39, 0.29) is 11.4 Å². The molecular formula is C17H13N3O. The highest BCUT2D eigenvalue weighted by Crippen LogP contribution is 2.21. The minimum atomic E-state index is -0.175. The van der Waals surface area contributed by atoms with Crippen LogP contribution in [0.25, 0.3) is 10.8 Å². The molecule has 3 rings (SSSR count). The first-order valence-corrected chi connectivity index (χ1v) is 6.57. The minimum Gasteiger partial charge on any atom is -0.384 e. The van der Waals surface area contributed by atoms with Crippen molar-refractivity contribution >= 4 is 16.6 Å². The van der Waals surface area contributed by atoms with Gasteiger partial charge in [-0.1, -0.05) is 48.5 Å². The summed E-state index contributed by atoms with van der Waals surface area (Å²) < 4.78 is 1.45. The number of aromatic nitrogens is 1. The third kappa shape index (κ3) is 2.15. The minimum absolute atomic E-state index is 0.175. The van der Waals surface area contributed by atoms with Crippen LogP contribution >= 0.6 is 0 Å². The van der Waals surface area contributed by atoms with Crippen molar-refractivity contribution in [3.63, 3.8) is 0 Å². The van der Waals surface area contributed by atoms with Crippen molar-refractivity contribution < 1.29 is 0 Å². The molecule has 0 saturated carbocycles. The zero-order chi connectivity index (χ0) is 14.8. The Balaban J connectivity index is 2.29. The van der Waals surface area contributed by atoms with Gasteiger partial charge in [0.15, 0.2) is 0 Å². The summed E-state index contributed by atoms with van der Waals surface area (Å²) in [5, 5.41) is 10.5. The molecule has 0 atom stereocenters. The van der Waals surface area contributed by atoms with Crippen molar-refractivity contribution in [1.29, 1.82) is 5.26 Å². The van der Waals surface area contributed by atoms with Gasteiger partial charge >= 0.3 is 0 Å². The Bertz CT molecular complexity index is 905. The highest BCUT2D eigenvalue weighted by molar-refractivity contribution is 5.90. The molecule has 0 spiro atoms. The first kappa shape index (κ1) is 12.9. The van der Waals surface area contributed by atoms with Crippen LogP contribution in [0.5, 0.6) is 0 Å². The largest absolute Gasteiger partial charge is 0.384 e. The fourth-order valence-corrected chi connectivity index (χ4v) is 2.46. The highest BCUT2D eigenvalue weighted by atomic mass is 16.1. The van der Waals surface area contributed by atoms with Gasteiger partial charge in [0.1, 0.15) is 17.5 Å². The molecule has 0 aliphatic carbocycles. The molecule has 0 fully saturated rings. The first-order valence-electron chi connectivity index (χ1n) is 6.57. The maximum Gasteiger partial charge on any atom is 0.260 e. The Hall–Kier alpha value is -3.06. The lowest BCUT2D eigenvalue weighted by molar-refractivity contribution is 0.779. The van der Waals surface area contributed by atoms with E-state index in [1.165, 1.54) is 4.57 Å². The van der Waals surface area contributed by atoms with Crippen molar-refractivity contribution in [2.24, 2.45) is 0 Å². The third-order valence-corrected chi connectivity index (χ3v) is 3.51. The molecular weight excluding hydrogens is 262 g/mol. The highest BCUT2D eigenvalue weighted by Gasteiger charge is 2.14. The molecule has 0 amide bonds. The van der Waals surface area contributed by atoms with Crippen molar-refractivity contribution in [3.8, 4) is 6.07 Å². The molecule has 21 heavy (non-hydrogen) atoms. The maximum absolute atomic E-state index is 12.6. The van der Waals surface area contributed by atoms with E-state index in [4.69, 9.17) is 5.73 Å². The van der Waals surface area contributed by atoms with Gasteiger partial charge in [-0.3, -0.25) is 9.36 Å². The fraction of sp³-hybridized carbons (Fsp3) is 0.0588. The average molecular weight is 275 g/mol. The molecule has 3 aromatic rings. The summed E-state index contributed by atoms with van der Waals surface area (Å²) in [5.74, 6) is 0.213. The van der Waals surface area contributed by atoms with Crippen LogP contribution in [-0.2, 0) is 6.54 Å². The van der Waals surface area contributed by atoms with Crippen LogP contribution < -0.4 is 11.3 Å². The molecule has 2 N–H and O–H groups in total. The lowest BCUT2D eigenvalue weighted by Gasteiger charge is -2.13. The van der Waals surface area contributed by atoms with Crippen molar-refractivity contribution in [3.05, 3.63) is 76.1 Å². The molecule has 4 heteroatoms. The predicted molar refractivity (Wildman–Crippen MR) is 82.9 cm³/mol. The van der Waals surface area contributed by atoms with E-state index in [2.05, 4.69) is 6.07 Å². The molecule has 0 aliphatic heterocycles. The SMILES string of the molecule is N#Cc1c(N)n(Cc2ccccc2)c(=O)c2ccccc12. The number of anilines is 1. The van der Waals surface area contributed by atoms with Crippen molar-refractivity contribution in [1.82, 2.24) is 4.57 Å². The van der Waals surface area contributed by atoms with E-state index in [0.717, 1.165) is 5.56 Å². The quantitative estimate of drug-likeness (QED) is 0.781. The standard InChI is InChI=1S/C17H13N3O/c18-10-15-13-8-4-5-9-14(13)17(21)20(16(15)19)11-12-6-2-1-3-7-12/h1-9H,11,19H2. The van der Waals surface area contributed by atoms with E-state index < -0.39 is 0 Å². The first-order chi connectivity index (χ1) is 10.2. The van der Waals surface area contributed by atoms with Gasteiger partial charge in [0.2, 0.25) is 0 Å². The predicted octanol–water partition coefficient (Wildman–Crippen LogP) is 2.50. The number of pyridine rings is 1. The topological polar surface area (TPSA) is 71.8 Å². The molecule has 0 aliphatic rings. The smallest absolute Gasteiger partial charge is 0.260 e. The lowest BCUT2D eigenvalue weighted by Crippen LogP contribution is -2.25. The molecule has 4 nitrogen and oxygen atoms in total. The van der Waals surface area contributed by atoms with Gasteiger partial charge in [-0.05, 0) is 11.6 Å². The second-order valence-corrected chi connectivity index (χ2v) is 4.79. The van der Waals surface area contributed by atoms with Crippen LogP contribution in [-0.4, -0.2) is 4.57 Å². The van der Waals surface area contributed by atoms with Crippen molar-refractivity contribution in [2.45, 2.75) is 6.54 Å². The Labute approximate surface area is 121 Å². The number of hydrogen-bond acceptors (Lipinski definition) is 3. The van der Waals surface area contributed by atoms with Crippen LogP contribution in [0.3, 0.4) is 0 Å². The number of nitrogens with zero attached hydrogens (tertiary/aromatic N) is 2. The normalized spacial score (nSPS) is 10.4. The van der Waals surface area contributed by atoms with Gasteiger partial charge in [0.25, 0.3) is 5.56 Å². The molecule has 102 valence electrons. The van der Waals surface area contributed by atoms with Crippen LogP contribution in [0.15, 0.2) is 59.4 Å². The van der Waals surface area contributed by atoms with Crippen molar-refractivity contribution in [2.75, 3.05) is 5.73 Å². The van der Waals surface area contributed by atoms with Crippen LogP contribution in [0.1, 0.15) is 11.1 Å². The van der Waals surface area contributed by atoms with E-state index in [0.29, 0.717) is 22.9 Å². The summed E-state index contributed by atoms with van der Waals surface area (Å²) in [4.78, 5) is 12.6. The number of hydrogen-bond donors (Lipinski definition) is 1. The summed E-state index contributed by atoms with van der Waals surface area (Å²) in [6.45, 7) is 0.352. The molecule has 0 radical (unpaired) electrons. The van der Waals surface area contributed by atoms with Gasteiger partial charge in [0, 0.05) is 10.8 Å². The summed E-state index contributed by atoms with van der Waals surface area (Å²) in [7, 11) is 0. The molecule has 0 unspecified atom stereocenters. The Morgan fingerprint density at radius 2 is 1.62 bits per heavy atom. The third-order valence-electron chi connectivity index (χ3n) is 3.51. The average Bonchev–Trinajstić information content (AvgIpc) is 2.53. The summed E-state index contributed by atoms with van der Waals surface area (Å²) in [6.07, 6.45) is 0. The Morgan fingerprint density at radius 3 is 2.29 bits per heavy atom. The second-order valence-electron chi connectivity index (χ2n) is 4.79. The monoisotopic (exact) mass is 275 g/mol. The number of rotatable bonds is 2. The number of nitriles is 1. The van der Waals surface area contributed by atoms with Gasteiger partial charge in [0.05, 0.1) is 6.54 Å².